The summed E-state index contributed by atoms with van der Waals surface area (Å²) >= 11 is 0. The summed E-state index contributed by atoms with van der Waals surface area (Å²) in [6.45, 7) is 8.72. The molecule has 1 heterocycles. The Morgan fingerprint density at radius 1 is 1.33 bits per heavy atom. The second-order valence-corrected chi connectivity index (χ2v) is 3.53. The summed E-state index contributed by atoms with van der Waals surface area (Å²) in [7, 11) is 1.68. The van der Waals surface area contributed by atoms with Crippen LogP contribution in [0.4, 0.5) is 5.82 Å². The highest BCUT2D eigenvalue weighted by molar-refractivity contribution is 5.33. The van der Waals surface area contributed by atoms with Crippen LogP contribution in [0.3, 0.4) is 0 Å². The number of anilines is 1. The van der Waals surface area contributed by atoms with E-state index in [9.17, 15) is 0 Å². The first-order valence-electron chi connectivity index (χ1n) is 5.17. The summed E-state index contributed by atoms with van der Waals surface area (Å²) in [5.74, 6) is 0.768. The molecule has 86 valence electrons. The second-order valence-electron chi connectivity index (χ2n) is 3.53. The zero-order valence-corrected chi connectivity index (χ0v) is 10.2. The van der Waals surface area contributed by atoms with E-state index in [2.05, 4.69) is 15.3 Å². The maximum atomic E-state index is 5.07. The number of hydrogen-bond acceptors (Lipinski definition) is 4. The second kappa shape index (κ2) is 7.17. The van der Waals surface area contributed by atoms with E-state index in [0.29, 0.717) is 6.61 Å². The average Bonchev–Trinajstić information content (AvgIpc) is 2.21. The lowest BCUT2D eigenvalue weighted by Gasteiger charge is -2.25. The maximum absolute atomic E-state index is 5.07. The molecule has 1 aromatic rings. The van der Waals surface area contributed by atoms with Crippen molar-refractivity contribution in [2.45, 2.75) is 33.2 Å². The van der Waals surface area contributed by atoms with E-state index < -0.39 is 0 Å². The van der Waals surface area contributed by atoms with Crippen molar-refractivity contribution in [1.29, 1.82) is 0 Å². The summed E-state index contributed by atoms with van der Waals surface area (Å²) in [5.41, 5.74) is -0.120. The zero-order chi connectivity index (χ0) is 11.7. The minimum absolute atomic E-state index is 0.120. The van der Waals surface area contributed by atoms with Gasteiger partial charge in [0, 0.05) is 19.5 Å². The van der Waals surface area contributed by atoms with Crippen molar-refractivity contribution in [2.24, 2.45) is 0 Å². The molecule has 0 atom stereocenters. The first kappa shape index (κ1) is 13.8. The van der Waals surface area contributed by atoms with Gasteiger partial charge >= 0.3 is 0 Å². The molecule has 0 spiro atoms. The largest absolute Gasteiger partial charge is 0.382 e. The predicted octanol–water partition coefficient (Wildman–Crippen LogP) is 2.34. The van der Waals surface area contributed by atoms with Crippen molar-refractivity contribution in [1.82, 2.24) is 9.97 Å². The van der Waals surface area contributed by atoms with Gasteiger partial charge in [0.25, 0.3) is 0 Å². The SMILES string of the molecule is CC.COCC(C)(C)Nc1cnccn1. The summed E-state index contributed by atoms with van der Waals surface area (Å²) in [6.07, 6.45) is 5.00. The van der Waals surface area contributed by atoms with Crippen molar-refractivity contribution in [3.8, 4) is 0 Å². The Bertz CT molecular complexity index is 249. The van der Waals surface area contributed by atoms with Gasteiger partial charge in [-0.05, 0) is 13.8 Å². The Labute approximate surface area is 92.1 Å². The van der Waals surface area contributed by atoms with E-state index >= 15 is 0 Å². The number of rotatable bonds is 4. The van der Waals surface area contributed by atoms with Gasteiger partial charge in [0.15, 0.2) is 0 Å². The molecule has 0 aromatic carbocycles. The fraction of sp³-hybridized carbons (Fsp3) is 0.636. The minimum atomic E-state index is -0.120. The lowest BCUT2D eigenvalue weighted by Crippen LogP contribution is -2.36. The number of aromatic nitrogens is 2. The van der Waals surface area contributed by atoms with Crippen molar-refractivity contribution >= 4 is 5.82 Å². The Hall–Kier alpha value is -1.16. The average molecular weight is 211 g/mol. The van der Waals surface area contributed by atoms with E-state index in [1.807, 2.05) is 27.7 Å². The Balaban J connectivity index is 0.000000921. The van der Waals surface area contributed by atoms with Gasteiger partial charge in [-0.15, -0.1) is 0 Å². The highest BCUT2D eigenvalue weighted by Gasteiger charge is 2.17. The predicted molar refractivity (Wildman–Crippen MR) is 63.0 cm³/mol. The molecular weight excluding hydrogens is 190 g/mol. The highest BCUT2D eigenvalue weighted by Crippen LogP contribution is 2.10. The molecule has 0 unspecified atom stereocenters. The number of nitrogens with one attached hydrogen (secondary N) is 1. The third-order valence-corrected chi connectivity index (χ3v) is 1.53. The van der Waals surface area contributed by atoms with Crippen molar-refractivity contribution in [3.05, 3.63) is 18.6 Å². The molecule has 0 saturated carbocycles. The first-order chi connectivity index (χ1) is 7.14. The quantitative estimate of drug-likeness (QED) is 0.830. The van der Waals surface area contributed by atoms with Gasteiger partial charge in [-0.2, -0.15) is 0 Å². The van der Waals surface area contributed by atoms with Crippen LogP contribution < -0.4 is 5.32 Å². The number of methoxy groups -OCH3 is 1. The molecule has 0 aliphatic rings. The van der Waals surface area contributed by atoms with Crippen molar-refractivity contribution in [2.75, 3.05) is 19.0 Å². The van der Waals surface area contributed by atoms with Gasteiger partial charge in [-0.25, -0.2) is 4.98 Å². The first-order valence-corrected chi connectivity index (χ1v) is 5.17. The molecule has 1 rings (SSSR count). The number of hydrogen-bond donors (Lipinski definition) is 1. The number of ether oxygens (including phenoxy) is 1. The van der Waals surface area contributed by atoms with E-state index in [1.165, 1.54) is 0 Å². The molecule has 0 amide bonds. The smallest absolute Gasteiger partial charge is 0.144 e. The van der Waals surface area contributed by atoms with Crippen molar-refractivity contribution < 1.29 is 4.74 Å². The molecule has 4 nitrogen and oxygen atoms in total. The third kappa shape index (κ3) is 6.01. The van der Waals surface area contributed by atoms with Gasteiger partial charge in [-0.3, -0.25) is 4.98 Å². The van der Waals surface area contributed by atoms with Gasteiger partial charge in [-0.1, -0.05) is 13.8 Å². The van der Waals surface area contributed by atoms with Crippen LogP contribution in [0.2, 0.25) is 0 Å². The zero-order valence-electron chi connectivity index (χ0n) is 10.2. The lowest BCUT2D eigenvalue weighted by atomic mass is 10.1. The van der Waals surface area contributed by atoms with Crippen molar-refractivity contribution in [3.63, 3.8) is 0 Å². The molecule has 0 saturated heterocycles. The lowest BCUT2D eigenvalue weighted by molar-refractivity contribution is 0.158. The molecule has 1 N–H and O–H groups in total. The molecule has 0 aliphatic carbocycles. The van der Waals surface area contributed by atoms with Crippen LogP contribution in [0.5, 0.6) is 0 Å². The molecule has 0 fully saturated rings. The standard InChI is InChI=1S/C9H15N3O.C2H6/c1-9(2,7-13-3)12-8-6-10-4-5-11-8;1-2/h4-6H,7H2,1-3H3,(H,11,12);1-2H3. The third-order valence-electron chi connectivity index (χ3n) is 1.53. The van der Waals surface area contributed by atoms with Crippen LogP contribution >= 0.6 is 0 Å². The van der Waals surface area contributed by atoms with E-state index in [4.69, 9.17) is 4.74 Å². The minimum Gasteiger partial charge on any atom is -0.382 e. The van der Waals surface area contributed by atoms with E-state index in [-0.39, 0.29) is 5.54 Å². The molecule has 4 heteroatoms. The molecule has 0 bridgehead atoms. The van der Waals surface area contributed by atoms with Crippen LogP contribution in [0, 0.1) is 0 Å². The number of nitrogens with zero attached hydrogens (tertiary/aromatic N) is 2. The van der Waals surface area contributed by atoms with E-state index in [0.717, 1.165) is 5.82 Å². The van der Waals surface area contributed by atoms with Crippen LogP contribution in [0.25, 0.3) is 0 Å². The van der Waals surface area contributed by atoms with Gasteiger partial charge in [0.1, 0.15) is 5.82 Å². The molecule has 0 aliphatic heterocycles. The monoisotopic (exact) mass is 211 g/mol. The highest BCUT2D eigenvalue weighted by atomic mass is 16.5. The van der Waals surface area contributed by atoms with Crippen LogP contribution in [-0.2, 0) is 4.74 Å². The van der Waals surface area contributed by atoms with Gasteiger partial charge < -0.3 is 10.1 Å². The van der Waals surface area contributed by atoms with Gasteiger partial charge in [0.2, 0.25) is 0 Å². The maximum Gasteiger partial charge on any atom is 0.144 e. The van der Waals surface area contributed by atoms with Crippen LogP contribution in [0.1, 0.15) is 27.7 Å². The molecule has 1 aromatic heterocycles. The molecule has 15 heavy (non-hydrogen) atoms. The fourth-order valence-electron chi connectivity index (χ4n) is 1.11. The molecule has 0 radical (unpaired) electrons. The Morgan fingerprint density at radius 2 is 2.00 bits per heavy atom. The van der Waals surface area contributed by atoms with Gasteiger partial charge in [0.05, 0.1) is 18.3 Å². The molecular formula is C11H21N3O. The van der Waals surface area contributed by atoms with Crippen LogP contribution in [-0.4, -0.2) is 29.2 Å². The summed E-state index contributed by atoms with van der Waals surface area (Å²) in [6, 6.07) is 0. The van der Waals surface area contributed by atoms with Crippen LogP contribution in [0.15, 0.2) is 18.6 Å². The van der Waals surface area contributed by atoms with E-state index in [1.54, 1.807) is 25.7 Å². The summed E-state index contributed by atoms with van der Waals surface area (Å²) < 4.78 is 5.07. The summed E-state index contributed by atoms with van der Waals surface area (Å²) in [5, 5.41) is 3.22. The fourth-order valence-corrected chi connectivity index (χ4v) is 1.11. The Morgan fingerprint density at radius 3 is 2.47 bits per heavy atom. The summed E-state index contributed by atoms with van der Waals surface area (Å²) in [4.78, 5) is 8.08. The topological polar surface area (TPSA) is 47.0 Å². The normalized spacial score (nSPS) is 10.2. The Kier molecular flexibility index (Phi) is 6.62.